The highest BCUT2D eigenvalue weighted by atomic mass is 15.2. The zero-order valence-corrected chi connectivity index (χ0v) is 14.2. The van der Waals surface area contributed by atoms with E-state index in [0.29, 0.717) is 22.3 Å². The summed E-state index contributed by atoms with van der Waals surface area (Å²) < 4.78 is 0. The van der Waals surface area contributed by atoms with Crippen LogP contribution in [0.5, 0.6) is 0 Å². The second-order valence-corrected chi connectivity index (χ2v) is 10.4. The minimum Gasteiger partial charge on any atom is -0.271 e. The average Bonchev–Trinajstić information content (AvgIpc) is 2.18. The van der Waals surface area contributed by atoms with Crippen molar-refractivity contribution in [3.8, 4) is 0 Å². The first kappa shape index (κ1) is 14.8. The van der Waals surface area contributed by atoms with E-state index in [2.05, 4.69) is 40.0 Å². The topological polar surface area (TPSA) is 38.0 Å². The van der Waals surface area contributed by atoms with Crippen LogP contribution in [0, 0.1) is 27.6 Å². The molecule has 0 saturated heterocycles. The molecule has 116 valence electrons. The molecule has 4 rings (SSSR count). The summed E-state index contributed by atoms with van der Waals surface area (Å²) in [4.78, 5) is 0. The van der Waals surface area contributed by atoms with E-state index in [9.17, 15) is 0 Å². The molecule has 0 aromatic carbocycles. The molecule has 0 heterocycles. The fraction of sp³-hybridized carbons (Fsp3) is 1.00. The maximum Gasteiger partial charge on any atom is 0.0264 e. The summed E-state index contributed by atoms with van der Waals surface area (Å²) >= 11 is 0. The van der Waals surface area contributed by atoms with Crippen molar-refractivity contribution in [3.63, 3.8) is 0 Å². The Hall–Kier alpha value is -0.0800. The molecule has 4 fully saturated rings. The zero-order chi connectivity index (χ0) is 14.8. The third kappa shape index (κ3) is 2.43. The van der Waals surface area contributed by atoms with Crippen molar-refractivity contribution < 1.29 is 0 Å². The summed E-state index contributed by atoms with van der Waals surface area (Å²) in [6.07, 6.45) is 10.1. The zero-order valence-electron chi connectivity index (χ0n) is 14.2. The minimum absolute atomic E-state index is 0.250. The maximum atomic E-state index is 5.90. The summed E-state index contributed by atoms with van der Waals surface area (Å²) in [6.45, 7) is 12.1. The fourth-order valence-electron chi connectivity index (χ4n) is 6.96. The summed E-state index contributed by atoms with van der Waals surface area (Å²) in [7, 11) is 0. The second-order valence-electron chi connectivity index (χ2n) is 10.4. The fourth-order valence-corrected chi connectivity index (χ4v) is 6.96. The molecule has 0 spiro atoms. The molecule has 4 aliphatic rings. The van der Waals surface area contributed by atoms with E-state index >= 15 is 0 Å². The van der Waals surface area contributed by atoms with E-state index in [0.717, 1.165) is 5.92 Å². The Balaban J connectivity index is 1.85. The van der Waals surface area contributed by atoms with E-state index in [1.54, 1.807) is 0 Å². The number of hydrazine groups is 1. The smallest absolute Gasteiger partial charge is 0.0264 e. The Labute approximate surface area is 125 Å². The van der Waals surface area contributed by atoms with Gasteiger partial charge < -0.3 is 0 Å². The van der Waals surface area contributed by atoms with Crippen LogP contribution in [0.3, 0.4) is 0 Å². The molecule has 0 aromatic heterocycles. The first-order chi connectivity index (χ1) is 9.07. The normalized spacial score (nSPS) is 48.6. The van der Waals surface area contributed by atoms with Crippen molar-refractivity contribution >= 4 is 0 Å². The number of hydrogen-bond donors (Lipinski definition) is 2. The molecule has 4 bridgehead atoms. The molecular weight excluding hydrogens is 244 g/mol. The molecule has 0 aliphatic heterocycles. The van der Waals surface area contributed by atoms with E-state index in [1.165, 1.54) is 44.9 Å². The Morgan fingerprint density at radius 1 is 1.05 bits per heavy atom. The van der Waals surface area contributed by atoms with Crippen molar-refractivity contribution in [1.82, 2.24) is 5.43 Å². The van der Waals surface area contributed by atoms with Crippen molar-refractivity contribution in [3.05, 3.63) is 0 Å². The highest BCUT2D eigenvalue weighted by Gasteiger charge is 2.60. The van der Waals surface area contributed by atoms with Crippen LogP contribution in [0.4, 0.5) is 0 Å². The van der Waals surface area contributed by atoms with Gasteiger partial charge >= 0.3 is 0 Å². The molecule has 3 N–H and O–H groups in total. The van der Waals surface area contributed by atoms with Crippen molar-refractivity contribution in [2.45, 2.75) is 85.6 Å². The third-order valence-electron chi connectivity index (χ3n) is 6.63. The number of nitrogens with one attached hydrogen (secondary N) is 1. The third-order valence-corrected chi connectivity index (χ3v) is 6.63. The SMILES string of the molecule is CC12CC3CC(C)(C1)CC(CC(NN)C(C)(C)C)(C3)C2. The van der Waals surface area contributed by atoms with Gasteiger partial charge in [-0.25, -0.2) is 0 Å². The molecule has 0 radical (unpaired) electrons. The van der Waals surface area contributed by atoms with E-state index in [4.69, 9.17) is 5.84 Å². The van der Waals surface area contributed by atoms with Gasteiger partial charge in [-0.1, -0.05) is 34.6 Å². The Bertz CT molecular complexity index is 377. The summed E-state index contributed by atoms with van der Waals surface area (Å²) in [6, 6.07) is 0.436. The van der Waals surface area contributed by atoms with Gasteiger partial charge in [0.1, 0.15) is 0 Å². The number of hydrogen-bond acceptors (Lipinski definition) is 2. The lowest BCUT2D eigenvalue weighted by Gasteiger charge is -2.66. The van der Waals surface area contributed by atoms with Gasteiger partial charge in [0.05, 0.1) is 0 Å². The average molecular weight is 278 g/mol. The minimum atomic E-state index is 0.250. The molecule has 4 aliphatic carbocycles. The molecule has 3 atom stereocenters. The lowest BCUT2D eigenvalue weighted by Crippen LogP contribution is -2.58. The Morgan fingerprint density at radius 3 is 2.00 bits per heavy atom. The van der Waals surface area contributed by atoms with E-state index < -0.39 is 0 Å². The van der Waals surface area contributed by atoms with E-state index in [-0.39, 0.29) is 5.41 Å². The maximum absolute atomic E-state index is 5.90. The van der Waals surface area contributed by atoms with Gasteiger partial charge in [0.15, 0.2) is 0 Å². The molecule has 20 heavy (non-hydrogen) atoms. The lowest BCUT2D eigenvalue weighted by atomic mass is 9.39. The first-order valence-corrected chi connectivity index (χ1v) is 8.53. The first-order valence-electron chi connectivity index (χ1n) is 8.53. The van der Waals surface area contributed by atoms with Crippen LogP contribution in [0.1, 0.15) is 79.6 Å². The molecule has 0 amide bonds. The largest absolute Gasteiger partial charge is 0.271 e. The molecule has 2 heteroatoms. The van der Waals surface area contributed by atoms with Gasteiger partial charge in [-0.3, -0.25) is 11.3 Å². The highest BCUT2D eigenvalue weighted by Crippen LogP contribution is 2.70. The van der Waals surface area contributed by atoms with Gasteiger partial charge in [0.25, 0.3) is 0 Å². The summed E-state index contributed by atoms with van der Waals surface area (Å²) in [5.41, 5.74) is 5.19. The Morgan fingerprint density at radius 2 is 1.60 bits per heavy atom. The second kappa shape index (κ2) is 4.23. The van der Waals surface area contributed by atoms with Crippen LogP contribution in [0.15, 0.2) is 0 Å². The van der Waals surface area contributed by atoms with Gasteiger partial charge in [-0.2, -0.15) is 0 Å². The molecule has 3 unspecified atom stereocenters. The van der Waals surface area contributed by atoms with Crippen LogP contribution < -0.4 is 11.3 Å². The quantitative estimate of drug-likeness (QED) is 0.598. The van der Waals surface area contributed by atoms with Gasteiger partial charge in [-0.15, -0.1) is 0 Å². The van der Waals surface area contributed by atoms with Crippen LogP contribution in [-0.4, -0.2) is 6.04 Å². The predicted molar refractivity (Wildman–Crippen MR) is 85.0 cm³/mol. The molecule has 2 nitrogen and oxygen atoms in total. The molecule has 0 aromatic rings. The molecule has 4 saturated carbocycles. The lowest BCUT2D eigenvalue weighted by molar-refractivity contribution is -0.152. The molecular formula is C18H34N2. The van der Waals surface area contributed by atoms with Crippen molar-refractivity contribution in [2.75, 3.05) is 0 Å². The number of rotatable bonds is 3. The van der Waals surface area contributed by atoms with E-state index in [1.807, 2.05) is 0 Å². The van der Waals surface area contributed by atoms with Crippen LogP contribution in [0.2, 0.25) is 0 Å². The van der Waals surface area contributed by atoms with Gasteiger partial charge in [0.2, 0.25) is 0 Å². The van der Waals surface area contributed by atoms with Crippen molar-refractivity contribution in [1.29, 1.82) is 0 Å². The standard InChI is InChI=1S/C18H34N2/c1-15(2,3)14(20-19)9-18-8-13-6-16(4,11-18)10-17(5,7-13)12-18/h13-14,20H,6-12,19H2,1-5H3. The Kier molecular flexibility index (Phi) is 3.14. The van der Waals surface area contributed by atoms with Gasteiger partial charge in [-0.05, 0) is 72.5 Å². The van der Waals surface area contributed by atoms with Crippen LogP contribution in [0.25, 0.3) is 0 Å². The van der Waals surface area contributed by atoms with Crippen molar-refractivity contribution in [2.24, 2.45) is 33.4 Å². The monoisotopic (exact) mass is 278 g/mol. The predicted octanol–water partition coefficient (Wildman–Crippen LogP) is 4.25. The number of nitrogens with two attached hydrogens (primary N) is 1. The van der Waals surface area contributed by atoms with Crippen LogP contribution in [-0.2, 0) is 0 Å². The summed E-state index contributed by atoms with van der Waals surface area (Å²) in [5, 5.41) is 0. The van der Waals surface area contributed by atoms with Crippen LogP contribution >= 0.6 is 0 Å². The summed E-state index contributed by atoms with van der Waals surface area (Å²) in [5.74, 6) is 6.89. The van der Waals surface area contributed by atoms with Gasteiger partial charge in [0, 0.05) is 6.04 Å². The highest BCUT2D eigenvalue weighted by molar-refractivity contribution is 5.11.